The van der Waals surface area contributed by atoms with Crippen LogP contribution in [0.5, 0.6) is 0 Å². The highest BCUT2D eigenvalue weighted by Crippen LogP contribution is 2.52. The van der Waals surface area contributed by atoms with E-state index in [2.05, 4.69) is 206 Å². The van der Waals surface area contributed by atoms with Crippen LogP contribution in [0.25, 0.3) is 86.4 Å². The van der Waals surface area contributed by atoms with E-state index < -0.39 is 0 Å². The summed E-state index contributed by atoms with van der Waals surface area (Å²) in [7, 11) is 0. The maximum atomic E-state index is 2.49. The van der Waals surface area contributed by atoms with Crippen LogP contribution in [-0.4, -0.2) is 0 Å². The Balaban J connectivity index is 0.989. The standard InChI is InChI=1S/C60H40S/c1-3-15-39-33-41(27-25-37(39)13-1)57-45-17-5-9-21-49(45)59(50-22-10-6-18-46(50)57)43-29-31-55-53(35-43)54-36-44(30-32-56(54)61-55)60-51-23-11-7-19-47(51)58(48-20-8-12-24-52(48)60)42-28-26-38-14-2-4-16-40(38)34-42/h1,3-13,15-36,45,57H,2,14H2. The molecule has 0 bridgehead atoms. The summed E-state index contributed by atoms with van der Waals surface area (Å²) in [6.45, 7) is 0. The number of hydrogen-bond donors (Lipinski definition) is 0. The molecular formula is C60H40S. The fourth-order valence-electron chi connectivity index (χ4n) is 11.0. The molecule has 286 valence electrons. The monoisotopic (exact) mass is 792 g/mol. The van der Waals surface area contributed by atoms with Crippen molar-refractivity contribution in [2.24, 2.45) is 5.92 Å². The minimum absolute atomic E-state index is 0.231. The number of allylic oxidation sites excluding steroid dienone is 6. The zero-order chi connectivity index (χ0) is 40.0. The van der Waals surface area contributed by atoms with Gasteiger partial charge in [0.15, 0.2) is 0 Å². The molecule has 0 N–H and O–H groups in total. The molecule has 0 radical (unpaired) electrons. The Morgan fingerprint density at radius 3 is 1.89 bits per heavy atom. The average molecular weight is 793 g/mol. The van der Waals surface area contributed by atoms with E-state index in [0.29, 0.717) is 0 Å². The summed E-state index contributed by atoms with van der Waals surface area (Å²) in [5.41, 5.74) is 16.1. The van der Waals surface area contributed by atoms with Crippen LogP contribution in [0.2, 0.25) is 0 Å². The lowest BCUT2D eigenvalue weighted by Gasteiger charge is -2.37. The van der Waals surface area contributed by atoms with Crippen molar-refractivity contribution in [2.75, 3.05) is 0 Å². The van der Waals surface area contributed by atoms with Crippen molar-refractivity contribution in [1.82, 2.24) is 0 Å². The molecule has 0 spiro atoms. The zero-order valence-electron chi connectivity index (χ0n) is 33.6. The summed E-state index contributed by atoms with van der Waals surface area (Å²) in [6.07, 6.45) is 16.1. The fourth-order valence-corrected chi connectivity index (χ4v) is 12.0. The molecule has 3 aliphatic rings. The average Bonchev–Trinajstić information content (AvgIpc) is 3.69. The van der Waals surface area contributed by atoms with Gasteiger partial charge in [0.05, 0.1) is 0 Å². The first-order valence-corrected chi connectivity index (χ1v) is 22.4. The Labute approximate surface area is 359 Å². The van der Waals surface area contributed by atoms with Crippen LogP contribution < -0.4 is 0 Å². The molecule has 2 unspecified atom stereocenters. The summed E-state index contributed by atoms with van der Waals surface area (Å²) in [5, 5.41) is 10.4. The largest absolute Gasteiger partial charge is 0.135 e. The molecule has 1 heterocycles. The van der Waals surface area contributed by atoms with Crippen molar-refractivity contribution in [3.8, 4) is 22.3 Å². The Kier molecular flexibility index (Phi) is 7.83. The quantitative estimate of drug-likeness (QED) is 0.156. The second-order valence-corrected chi connectivity index (χ2v) is 18.1. The van der Waals surface area contributed by atoms with Gasteiger partial charge in [0, 0.05) is 32.0 Å². The van der Waals surface area contributed by atoms with Gasteiger partial charge in [-0.25, -0.2) is 0 Å². The highest BCUT2D eigenvalue weighted by Gasteiger charge is 2.35. The molecular weight excluding hydrogens is 753 g/mol. The summed E-state index contributed by atoms with van der Waals surface area (Å²) >= 11 is 1.90. The van der Waals surface area contributed by atoms with Crippen molar-refractivity contribution in [3.63, 3.8) is 0 Å². The van der Waals surface area contributed by atoms with E-state index in [1.54, 1.807) is 0 Å². The maximum Gasteiger partial charge on any atom is 0.0355 e. The molecule has 9 aromatic carbocycles. The Morgan fingerprint density at radius 1 is 0.475 bits per heavy atom. The van der Waals surface area contributed by atoms with Crippen LogP contribution in [0, 0.1) is 5.92 Å². The third-order valence-electron chi connectivity index (χ3n) is 13.7. The van der Waals surface area contributed by atoms with Crippen molar-refractivity contribution >= 4 is 75.5 Å². The van der Waals surface area contributed by atoms with Crippen LogP contribution in [-0.2, 0) is 6.42 Å². The fraction of sp³-hybridized carbons (Fsp3) is 0.0667. The van der Waals surface area contributed by atoms with Gasteiger partial charge in [-0.2, -0.15) is 0 Å². The Hall–Kier alpha value is -7.06. The molecule has 13 rings (SSSR count). The minimum atomic E-state index is 0.231. The van der Waals surface area contributed by atoms with E-state index in [1.165, 1.54) is 119 Å². The molecule has 61 heavy (non-hydrogen) atoms. The Bertz CT molecular complexity index is 3550. The number of rotatable bonds is 4. The Morgan fingerprint density at radius 2 is 1.11 bits per heavy atom. The molecule has 10 aromatic rings. The van der Waals surface area contributed by atoms with Gasteiger partial charge in [-0.15, -0.1) is 11.3 Å². The van der Waals surface area contributed by atoms with Crippen LogP contribution in [0.15, 0.2) is 206 Å². The predicted octanol–water partition coefficient (Wildman–Crippen LogP) is 16.5. The predicted molar refractivity (Wildman–Crippen MR) is 263 cm³/mol. The number of thiophene rings is 1. The summed E-state index contributed by atoms with van der Waals surface area (Å²) in [5.74, 6) is 0.467. The van der Waals surface area contributed by atoms with E-state index in [4.69, 9.17) is 0 Å². The molecule has 0 amide bonds. The second kappa shape index (κ2) is 13.7. The highest BCUT2D eigenvalue weighted by molar-refractivity contribution is 7.25. The minimum Gasteiger partial charge on any atom is -0.135 e. The number of hydrogen-bond acceptors (Lipinski definition) is 1. The van der Waals surface area contributed by atoms with Gasteiger partial charge in [0.2, 0.25) is 0 Å². The molecule has 3 aliphatic carbocycles. The first-order valence-electron chi connectivity index (χ1n) is 21.6. The highest BCUT2D eigenvalue weighted by atomic mass is 32.1. The van der Waals surface area contributed by atoms with Gasteiger partial charge in [-0.3, -0.25) is 0 Å². The van der Waals surface area contributed by atoms with E-state index in [1.807, 2.05) is 11.3 Å². The molecule has 1 heteroatoms. The SMILES string of the molecule is C1=CC2=C(c3ccc4sc5ccc(-c6c7ccccc7c(-c7ccc8c(c7)C=CCC8)c7ccccc67)cc5c4c3)c3ccccc3C(c3ccc4ccccc4c3)C2C=C1. The number of fused-ring (bicyclic) bond motifs is 9. The van der Waals surface area contributed by atoms with Gasteiger partial charge < -0.3 is 0 Å². The van der Waals surface area contributed by atoms with Crippen molar-refractivity contribution in [3.05, 3.63) is 239 Å². The molecule has 0 saturated heterocycles. The van der Waals surface area contributed by atoms with Gasteiger partial charge in [0.25, 0.3) is 0 Å². The summed E-state index contributed by atoms with van der Waals surface area (Å²) < 4.78 is 2.64. The molecule has 0 aliphatic heterocycles. The normalized spacial score (nSPS) is 16.8. The smallest absolute Gasteiger partial charge is 0.0355 e. The molecule has 0 saturated carbocycles. The van der Waals surface area contributed by atoms with Gasteiger partial charge in [-0.1, -0.05) is 176 Å². The summed E-state index contributed by atoms with van der Waals surface area (Å²) in [6, 6.07) is 64.6. The van der Waals surface area contributed by atoms with Gasteiger partial charge in [0.1, 0.15) is 0 Å². The van der Waals surface area contributed by atoms with Crippen LogP contribution in [0.3, 0.4) is 0 Å². The lowest BCUT2D eigenvalue weighted by molar-refractivity contribution is 0.649. The molecule has 0 fully saturated rings. The van der Waals surface area contributed by atoms with E-state index in [9.17, 15) is 0 Å². The maximum absolute atomic E-state index is 2.49. The molecule has 2 atom stereocenters. The van der Waals surface area contributed by atoms with Gasteiger partial charge >= 0.3 is 0 Å². The van der Waals surface area contributed by atoms with Crippen LogP contribution in [0.1, 0.15) is 45.7 Å². The summed E-state index contributed by atoms with van der Waals surface area (Å²) in [4.78, 5) is 0. The topological polar surface area (TPSA) is 0 Å². The number of benzene rings is 9. The molecule has 0 nitrogen and oxygen atoms in total. The molecule has 1 aromatic heterocycles. The first-order chi connectivity index (χ1) is 30.2. The van der Waals surface area contributed by atoms with Crippen molar-refractivity contribution < 1.29 is 0 Å². The lowest BCUT2D eigenvalue weighted by atomic mass is 9.66. The lowest BCUT2D eigenvalue weighted by Crippen LogP contribution is -2.22. The first kappa shape index (κ1) is 34.8. The van der Waals surface area contributed by atoms with E-state index in [-0.39, 0.29) is 11.8 Å². The van der Waals surface area contributed by atoms with Crippen LogP contribution >= 0.6 is 11.3 Å². The van der Waals surface area contributed by atoms with Gasteiger partial charge in [-0.05, 0) is 142 Å². The van der Waals surface area contributed by atoms with E-state index >= 15 is 0 Å². The van der Waals surface area contributed by atoms with Crippen molar-refractivity contribution in [2.45, 2.75) is 18.8 Å². The number of aryl methyl sites for hydroxylation is 1. The van der Waals surface area contributed by atoms with Crippen LogP contribution in [0.4, 0.5) is 0 Å². The zero-order valence-corrected chi connectivity index (χ0v) is 34.4. The second-order valence-electron chi connectivity index (χ2n) is 17.0. The third kappa shape index (κ3) is 5.44. The van der Waals surface area contributed by atoms with Crippen molar-refractivity contribution in [1.29, 1.82) is 0 Å². The third-order valence-corrected chi connectivity index (χ3v) is 14.9. The van der Waals surface area contributed by atoms with E-state index in [0.717, 1.165) is 12.8 Å².